The Morgan fingerprint density at radius 2 is 1.03 bits per heavy atom. The summed E-state index contributed by atoms with van der Waals surface area (Å²) in [5.74, 6) is 0. The van der Waals surface area contributed by atoms with Gasteiger partial charge in [-0.2, -0.15) is 0 Å². The molecule has 3 rings (SSSR count). The second-order valence-electron chi connectivity index (χ2n) is 8.18. The fraction of sp³-hybridized carbons (Fsp3) is 0.357. The Balaban J connectivity index is 1.84. The van der Waals surface area contributed by atoms with Crippen LogP contribution in [0.3, 0.4) is 0 Å². The predicted molar refractivity (Wildman–Crippen MR) is 133 cm³/mol. The van der Waals surface area contributed by atoms with E-state index in [4.69, 9.17) is 0 Å². The van der Waals surface area contributed by atoms with Gasteiger partial charge in [0.15, 0.2) is 0 Å². The van der Waals surface area contributed by atoms with Gasteiger partial charge in [-0.1, -0.05) is 100 Å². The highest BCUT2D eigenvalue weighted by Gasteiger charge is 2.41. The molecule has 0 unspecified atom stereocenters. The Kier molecular flexibility index (Phi) is 8.51. The lowest BCUT2D eigenvalue weighted by Crippen LogP contribution is -2.32. The first-order valence-electron chi connectivity index (χ1n) is 11.3. The van der Waals surface area contributed by atoms with E-state index < -0.39 is 7.26 Å². The van der Waals surface area contributed by atoms with Crippen LogP contribution in [-0.2, 0) is 6.42 Å². The maximum absolute atomic E-state index is 2.50. The van der Waals surface area contributed by atoms with Crippen LogP contribution in [0, 0.1) is 0 Å². The van der Waals surface area contributed by atoms with Crippen molar-refractivity contribution in [2.75, 3.05) is 6.66 Å². The zero-order valence-corrected chi connectivity index (χ0v) is 19.1. The summed E-state index contributed by atoms with van der Waals surface area (Å²) in [7, 11) is -1.63. The minimum absolute atomic E-state index is 1.19. The van der Waals surface area contributed by atoms with Gasteiger partial charge in [0.25, 0.3) is 0 Å². The smallest absolute Gasteiger partial charge is 0.0654 e. The Morgan fingerprint density at radius 3 is 1.62 bits per heavy atom. The molecule has 0 radical (unpaired) electrons. The van der Waals surface area contributed by atoms with Gasteiger partial charge in [0.05, 0.1) is 6.66 Å². The molecule has 0 aromatic heterocycles. The predicted octanol–water partition coefficient (Wildman–Crippen LogP) is 6.90. The molecule has 0 saturated heterocycles. The summed E-state index contributed by atoms with van der Waals surface area (Å²) in [6.07, 6.45) is 10.7. The first kappa shape index (κ1) is 21.8. The Bertz CT molecular complexity index is 799. The minimum atomic E-state index is -1.63. The van der Waals surface area contributed by atoms with Crippen molar-refractivity contribution in [3.8, 4) is 0 Å². The number of rotatable bonds is 11. The van der Waals surface area contributed by atoms with Crippen LogP contribution in [0.25, 0.3) is 0 Å². The van der Waals surface area contributed by atoms with E-state index in [0.717, 1.165) is 0 Å². The normalized spacial score (nSPS) is 11.5. The molecule has 0 aliphatic rings. The van der Waals surface area contributed by atoms with E-state index >= 15 is 0 Å². The summed E-state index contributed by atoms with van der Waals surface area (Å²) >= 11 is 0. The fourth-order valence-electron chi connectivity index (χ4n) is 4.31. The Labute approximate surface area is 178 Å². The lowest BCUT2D eigenvalue weighted by molar-refractivity contribution is 0.589. The SMILES string of the molecule is CCCCCCCCCc1ccccc1[P+](C)(c1ccccc1)c1ccccc1. The molecule has 3 aromatic carbocycles. The van der Waals surface area contributed by atoms with Crippen LogP contribution >= 0.6 is 7.26 Å². The van der Waals surface area contributed by atoms with Crippen molar-refractivity contribution in [2.45, 2.75) is 58.3 Å². The van der Waals surface area contributed by atoms with E-state index in [1.54, 1.807) is 10.9 Å². The van der Waals surface area contributed by atoms with Crippen LogP contribution in [0.2, 0.25) is 0 Å². The van der Waals surface area contributed by atoms with Crippen molar-refractivity contribution in [2.24, 2.45) is 0 Å². The van der Waals surface area contributed by atoms with Crippen LogP contribution in [0.4, 0.5) is 0 Å². The van der Waals surface area contributed by atoms with E-state index in [-0.39, 0.29) is 0 Å². The molecule has 152 valence electrons. The molecule has 3 aromatic rings. The van der Waals surface area contributed by atoms with Crippen LogP contribution in [0.1, 0.15) is 57.4 Å². The van der Waals surface area contributed by atoms with Crippen LogP contribution in [-0.4, -0.2) is 6.66 Å². The largest absolute Gasteiger partial charge is 0.109 e. The van der Waals surface area contributed by atoms with Gasteiger partial charge >= 0.3 is 0 Å². The summed E-state index contributed by atoms with van der Waals surface area (Å²) < 4.78 is 0. The Hall–Kier alpha value is -1.91. The minimum Gasteiger partial charge on any atom is -0.0654 e. The quantitative estimate of drug-likeness (QED) is 0.241. The molecule has 0 heterocycles. The average molecular weight is 404 g/mol. The van der Waals surface area contributed by atoms with E-state index in [0.29, 0.717) is 0 Å². The summed E-state index contributed by atoms with van der Waals surface area (Å²) in [6.45, 7) is 4.79. The van der Waals surface area contributed by atoms with Crippen molar-refractivity contribution in [1.82, 2.24) is 0 Å². The van der Waals surface area contributed by atoms with E-state index in [2.05, 4.69) is 98.5 Å². The highest BCUT2D eigenvalue weighted by molar-refractivity contribution is 7.95. The molecule has 0 spiro atoms. The van der Waals surface area contributed by atoms with E-state index in [9.17, 15) is 0 Å². The molecule has 29 heavy (non-hydrogen) atoms. The van der Waals surface area contributed by atoms with Crippen LogP contribution in [0.5, 0.6) is 0 Å². The van der Waals surface area contributed by atoms with Crippen molar-refractivity contribution >= 4 is 23.2 Å². The standard InChI is InChI=1S/C28H36P/c1-3-4-5-6-7-8-11-18-25-19-16-17-24-28(25)29(2,26-20-12-9-13-21-26)27-22-14-10-15-23-27/h9-10,12-17,19-24H,3-8,11,18H2,1-2H3/q+1. The van der Waals surface area contributed by atoms with Crippen molar-refractivity contribution in [1.29, 1.82) is 0 Å². The summed E-state index contributed by atoms with van der Waals surface area (Å²) in [5.41, 5.74) is 1.55. The molecular weight excluding hydrogens is 367 g/mol. The average Bonchev–Trinajstić information content (AvgIpc) is 2.79. The summed E-state index contributed by atoms with van der Waals surface area (Å²) in [4.78, 5) is 0. The maximum atomic E-state index is 2.50. The molecular formula is C28H36P+. The van der Waals surface area contributed by atoms with Gasteiger partial charge in [0.2, 0.25) is 0 Å². The zero-order chi connectivity index (χ0) is 20.4. The number of aryl methyl sites for hydroxylation is 1. The monoisotopic (exact) mass is 403 g/mol. The van der Waals surface area contributed by atoms with Crippen LogP contribution < -0.4 is 15.9 Å². The second kappa shape index (κ2) is 11.3. The Morgan fingerprint density at radius 1 is 0.552 bits per heavy atom. The number of benzene rings is 3. The molecule has 1 heteroatoms. The molecule has 0 amide bonds. The number of hydrogen-bond acceptors (Lipinski definition) is 0. The molecule has 0 aliphatic heterocycles. The third-order valence-corrected chi connectivity index (χ3v) is 10.1. The van der Waals surface area contributed by atoms with Gasteiger partial charge in [-0.25, -0.2) is 0 Å². The highest BCUT2D eigenvalue weighted by atomic mass is 31.2. The number of unbranched alkanes of at least 4 members (excludes halogenated alkanes) is 6. The summed E-state index contributed by atoms with van der Waals surface area (Å²) in [5, 5.41) is 4.50. The third-order valence-electron chi connectivity index (χ3n) is 6.07. The van der Waals surface area contributed by atoms with Crippen LogP contribution in [0.15, 0.2) is 84.9 Å². The fourth-order valence-corrected chi connectivity index (χ4v) is 7.85. The van der Waals surface area contributed by atoms with Crippen molar-refractivity contribution in [3.05, 3.63) is 90.5 Å². The molecule has 0 atom stereocenters. The van der Waals surface area contributed by atoms with Crippen molar-refractivity contribution in [3.63, 3.8) is 0 Å². The maximum Gasteiger partial charge on any atom is 0.109 e. The first-order valence-corrected chi connectivity index (χ1v) is 13.6. The molecule has 0 saturated carbocycles. The molecule has 0 N–H and O–H groups in total. The third kappa shape index (κ3) is 5.58. The first-order chi connectivity index (χ1) is 14.3. The van der Waals surface area contributed by atoms with Gasteiger partial charge in [0.1, 0.15) is 23.2 Å². The van der Waals surface area contributed by atoms with Gasteiger partial charge in [-0.3, -0.25) is 0 Å². The second-order valence-corrected chi connectivity index (χ2v) is 11.7. The lowest BCUT2D eigenvalue weighted by Gasteiger charge is -2.25. The molecule has 0 aliphatic carbocycles. The zero-order valence-electron chi connectivity index (χ0n) is 18.2. The van der Waals surface area contributed by atoms with E-state index in [1.807, 2.05) is 0 Å². The summed E-state index contributed by atoms with van der Waals surface area (Å²) in [6, 6.07) is 31.5. The number of hydrogen-bond donors (Lipinski definition) is 0. The lowest BCUT2D eigenvalue weighted by atomic mass is 10.0. The van der Waals surface area contributed by atoms with Gasteiger partial charge in [-0.15, -0.1) is 0 Å². The molecule has 0 nitrogen and oxygen atoms in total. The topological polar surface area (TPSA) is 0 Å². The molecule has 0 fully saturated rings. The molecule has 0 bridgehead atoms. The van der Waals surface area contributed by atoms with Gasteiger partial charge < -0.3 is 0 Å². The van der Waals surface area contributed by atoms with Gasteiger partial charge in [0, 0.05) is 0 Å². The van der Waals surface area contributed by atoms with Crippen molar-refractivity contribution < 1.29 is 0 Å². The van der Waals surface area contributed by atoms with Gasteiger partial charge in [-0.05, 0) is 48.7 Å². The highest BCUT2D eigenvalue weighted by Crippen LogP contribution is 2.52. The van der Waals surface area contributed by atoms with E-state index in [1.165, 1.54) is 62.0 Å².